The van der Waals surface area contributed by atoms with Crippen molar-refractivity contribution in [2.75, 3.05) is 6.61 Å². The van der Waals surface area contributed by atoms with Crippen molar-refractivity contribution in [1.82, 2.24) is 0 Å². The summed E-state index contributed by atoms with van der Waals surface area (Å²) < 4.78 is 0. The molecule has 3 atom stereocenters. The van der Waals surface area contributed by atoms with Crippen LogP contribution in [-0.2, 0) is 14.4 Å². The summed E-state index contributed by atoms with van der Waals surface area (Å²) in [5, 5.41) is 32.0. The molecule has 53 heavy (non-hydrogen) atoms. The van der Waals surface area contributed by atoms with Crippen LogP contribution >= 0.6 is 0 Å². The fourth-order valence-electron chi connectivity index (χ4n) is 6.29. The number of aliphatic hydroxyl groups excluding tert-OH is 2. The summed E-state index contributed by atoms with van der Waals surface area (Å²) in [5.41, 5.74) is -2.78. The van der Waals surface area contributed by atoms with Gasteiger partial charge in [-0.25, -0.2) is 0 Å². The van der Waals surface area contributed by atoms with Gasteiger partial charge in [-0.05, 0) is 83.5 Å². The largest absolute Gasteiger partial charge is 0.394 e. The van der Waals surface area contributed by atoms with Crippen LogP contribution in [0, 0.1) is 5.92 Å². The zero-order chi connectivity index (χ0) is 39.3. The van der Waals surface area contributed by atoms with Gasteiger partial charge in [-0.15, -0.1) is 0 Å². The molecule has 0 heterocycles. The Kier molecular flexibility index (Phi) is 34.5. The van der Waals surface area contributed by atoms with Crippen molar-refractivity contribution >= 4 is 17.3 Å². The Bertz CT molecular complexity index is 1100. The Labute approximate surface area is 324 Å². The second-order valence-electron chi connectivity index (χ2n) is 14.3. The summed E-state index contributed by atoms with van der Waals surface area (Å²) in [6, 6.07) is 0. The Balaban J connectivity index is 5.03. The van der Waals surface area contributed by atoms with Crippen LogP contribution in [0.5, 0.6) is 0 Å². The number of aliphatic hydroxyl groups is 3. The molecule has 0 spiro atoms. The molecule has 0 aromatic rings. The number of carbonyl (C=O) groups is 3. The van der Waals surface area contributed by atoms with Crippen molar-refractivity contribution in [3.8, 4) is 0 Å². The highest BCUT2D eigenvalue weighted by Crippen LogP contribution is 2.27. The average molecular weight is 739 g/mol. The summed E-state index contributed by atoms with van der Waals surface area (Å²) in [7, 11) is 0. The van der Waals surface area contributed by atoms with Crippen LogP contribution < -0.4 is 0 Å². The highest BCUT2D eigenvalue weighted by Gasteiger charge is 2.52. The van der Waals surface area contributed by atoms with Crippen molar-refractivity contribution in [1.29, 1.82) is 0 Å². The Hall–Kier alpha value is -2.67. The number of hydrogen-bond acceptors (Lipinski definition) is 6. The summed E-state index contributed by atoms with van der Waals surface area (Å²) >= 11 is 0. The lowest BCUT2D eigenvalue weighted by molar-refractivity contribution is -0.170. The van der Waals surface area contributed by atoms with Crippen molar-refractivity contribution in [3.05, 3.63) is 72.9 Å². The van der Waals surface area contributed by atoms with Gasteiger partial charge in [0.15, 0.2) is 11.6 Å². The van der Waals surface area contributed by atoms with Crippen LogP contribution in [0.1, 0.15) is 181 Å². The van der Waals surface area contributed by atoms with E-state index in [1.54, 1.807) is 0 Å². The van der Waals surface area contributed by atoms with Crippen LogP contribution in [0.4, 0.5) is 0 Å². The van der Waals surface area contributed by atoms with Crippen LogP contribution in [0.25, 0.3) is 0 Å². The average Bonchev–Trinajstić information content (AvgIpc) is 3.16. The Morgan fingerprint density at radius 3 is 1.43 bits per heavy atom. The number of unbranched alkanes of at least 4 members (excludes halogenated alkanes) is 13. The van der Waals surface area contributed by atoms with Gasteiger partial charge >= 0.3 is 0 Å². The highest BCUT2D eigenvalue weighted by molar-refractivity contribution is 6.17. The number of allylic oxidation sites excluding steroid dienone is 12. The van der Waals surface area contributed by atoms with Gasteiger partial charge in [0, 0.05) is 12.8 Å². The van der Waals surface area contributed by atoms with E-state index in [-0.39, 0.29) is 25.0 Å². The maximum atomic E-state index is 13.9. The van der Waals surface area contributed by atoms with Gasteiger partial charge in [0.2, 0.25) is 5.60 Å². The van der Waals surface area contributed by atoms with Gasteiger partial charge in [0.05, 0.1) is 12.5 Å². The van der Waals surface area contributed by atoms with E-state index in [0.717, 1.165) is 122 Å². The molecule has 0 amide bonds. The number of rotatable bonds is 37. The van der Waals surface area contributed by atoms with E-state index in [2.05, 4.69) is 93.7 Å². The van der Waals surface area contributed by atoms with E-state index in [1.165, 1.54) is 0 Å². The second-order valence-corrected chi connectivity index (χ2v) is 14.3. The quantitative estimate of drug-likeness (QED) is 0.0332. The van der Waals surface area contributed by atoms with Crippen LogP contribution in [0.2, 0.25) is 0 Å². The summed E-state index contributed by atoms with van der Waals surface area (Å²) in [6.45, 7) is 5.44. The highest BCUT2D eigenvalue weighted by atomic mass is 16.4. The van der Waals surface area contributed by atoms with E-state index >= 15 is 0 Å². The van der Waals surface area contributed by atoms with Crippen molar-refractivity contribution < 1.29 is 29.7 Å². The summed E-state index contributed by atoms with van der Waals surface area (Å²) in [4.78, 5) is 40.8. The van der Waals surface area contributed by atoms with Gasteiger partial charge in [0.1, 0.15) is 11.9 Å². The van der Waals surface area contributed by atoms with E-state index in [1.807, 2.05) is 0 Å². The first kappa shape index (κ1) is 50.3. The molecule has 0 aliphatic carbocycles. The topological polar surface area (TPSA) is 112 Å². The lowest BCUT2D eigenvalue weighted by atomic mass is 9.76. The zero-order valence-corrected chi connectivity index (χ0v) is 34.0. The third-order valence-electron chi connectivity index (χ3n) is 9.64. The maximum Gasteiger partial charge on any atom is 0.210 e. The molecule has 0 fully saturated rings. The molecule has 3 N–H and O–H groups in total. The third-order valence-corrected chi connectivity index (χ3v) is 9.64. The maximum absolute atomic E-state index is 13.9. The first-order valence-corrected chi connectivity index (χ1v) is 21.3. The smallest absolute Gasteiger partial charge is 0.210 e. The predicted molar refractivity (Wildman–Crippen MR) is 224 cm³/mol. The molecule has 6 nitrogen and oxygen atoms in total. The summed E-state index contributed by atoms with van der Waals surface area (Å²) in [5.74, 6) is -3.19. The standard InChI is InChI=1S/C47H78O6/c1-4-7-10-13-15-17-19-21-23-25-27-29-31-34-37-40-44(50)47(53,45(51)41-48)46(52)42(43(49)39-36-32-12-9-6-3)38-35-33-30-28-26-24-22-20-18-16-14-11-8-5-2/h7-8,10-11,15-18,21-24,42,45,48,51,53H,4-6,9,12-14,19-20,25-41H2,1-3H3/b10-7-,11-8-,17-15-,18-16-,23-21-,24-22-. The molecule has 0 saturated carbocycles. The molecule has 0 aromatic heterocycles. The molecular formula is C47H78O6. The second kappa shape index (κ2) is 36.3. The van der Waals surface area contributed by atoms with Crippen LogP contribution in [0.3, 0.4) is 0 Å². The fourth-order valence-corrected chi connectivity index (χ4v) is 6.29. The third kappa shape index (κ3) is 25.9. The minimum Gasteiger partial charge on any atom is -0.394 e. The molecule has 0 saturated heterocycles. The molecule has 0 aliphatic rings. The molecule has 6 heteroatoms. The van der Waals surface area contributed by atoms with Crippen molar-refractivity contribution in [2.45, 2.75) is 193 Å². The molecule has 3 unspecified atom stereocenters. The Morgan fingerprint density at radius 1 is 0.528 bits per heavy atom. The molecular weight excluding hydrogens is 661 g/mol. The van der Waals surface area contributed by atoms with Gasteiger partial charge < -0.3 is 15.3 Å². The number of ketones is 3. The van der Waals surface area contributed by atoms with Gasteiger partial charge in [-0.2, -0.15) is 0 Å². The van der Waals surface area contributed by atoms with Gasteiger partial charge in [-0.3, -0.25) is 14.4 Å². The van der Waals surface area contributed by atoms with Gasteiger partial charge in [0.25, 0.3) is 0 Å². The first-order chi connectivity index (χ1) is 25.8. The molecule has 0 radical (unpaired) electrons. The number of hydrogen-bond donors (Lipinski definition) is 3. The van der Waals surface area contributed by atoms with Gasteiger partial charge in [-0.1, -0.05) is 158 Å². The lowest BCUT2D eigenvalue weighted by Crippen LogP contribution is -2.60. The zero-order valence-electron chi connectivity index (χ0n) is 34.0. The summed E-state index contributed by atoms with van der Waals surface area (Å²) in [6.07, 6.45) is 44.7. The number of carbonyl (C=O) groups excluding carboxylic acids is 3. The first-order valence-electron chi connectivity index (χ1n) is 21.3. The van der Waals surface area contributed by atoms with Crippen LogP contribution in [0.15, 0.2) is 72.9 Å². The normalized spacial score (nSPS) is 14.8. The van der Waals surface area contributed by atoms with Crippen molar-refractivity contribution in [3.63, 3.8) is 0 Å². The minimum atomic E-state index is -2.78. The van der Waals surface area contributed by atoms with E-state index in [4.69, 9.17) is 0 Å². The molecule has 0 rings (SSSR count). The molecule has 0 bridgehead atoms. The van der Waals surface area contributed by atoms with E-state index in [9.17, 15) is 29.7 Å². The molecule has 0 aliphatic heterocycles. The number of Topliss-reactive ketones (excluding diaryl/α,β-unsaturated/α-hetero) is 3. The fraction of sp³-hybridized carbons (Fsp3) is 0.681. The van der Waals surface area contributed by atoms with Crippen molar-refractivity contribution in [2.24, 2.45) is 5.92 Å². The minimum absolute atomic E-state index is 0.0872. The lowest BCUT2D eigenvalue weighted by Gasteiger charge is -2.32. The molecule has 302 valence electrons. The van der Waals surface area contributed by atoms with Crippen LogP contribution in [-0.4, -0.2) is 51.0 Å². The van der Waals surface area contributed by atoms with E-state index in [0.29, 0.717) is 19.3 Å². The molecule has 0 aromatic carbocycles. The predicted octanol–water partition coefficient (Wildman–Crippen LogP) is 11.5. The SMILES string of the molecule is CC/C=C\C/C=C\C/C=C\CCCCCCCC(=O)C(O)(C(=O)C(CCCCCC/C=C\C/C=C\C/C=C\CC)C(=O)CCCCCCC)C(O)CO. The Morgan fingerprint density at radius 2 is 0.943 bits per heavy atom. The van der Waals surface area contributed by atoms with E-state index < -0.39 is 35.8 Å². The monoisotopic (exact) mass is 739 g/mol.